The molecule has 1 N–H and O–H groups in total. The lowest BCUT2D eigenvalue weighted by atomic mass is 9.84. The first kappa shape index (κ1) is 14.4. The van der Waals surface area contributed by atoms with E-state index in [0.29, 0.717) is 6.04 Å². The van der Waals surface area contributed by atoms with Gasteiger partial charge in [0.1, 0.15) is 0 Å². The molecule has 18 heavy (non-hydrogen) atoms. The van der Waals surface area contributed by atoms with Crippen LogP contribution in [0.2, 0.25) is 5.02 Å². The number of benzene rings is 1. The van der Waals surface area contributed by atoms with Gasteiger partial charge in [-0.25, -0.2) is 0 Å². The summed E-state index contributed by atoms with van der Waals surface area (Å²) in [5.41, 5.74) is 1.17. The summed E-state index contributed by atoms with van der Waals surface area (Å²) in [6.07, 6.45) is 6.96. The lowest BCUT2D eigenvalue weighted by Gasteiger charge is -2.28. The van der Waals surface area contributed by atoms with E-state index in [1.54, 1.807) is 0 Å². The quantitative estimate of drug-likeness (QED) is 0.804. The van der Waals surface area contributed by atoms with Gasteiger partial charge >= 0.3 is 0 Å². The third kappa shape index (κ3) is 3.97. The van der Waals surface area contributed by atoms with Gasteiger partial charge in [-0.3, -0.25) is 0 Å². The fourth-order valence-corrected chi connectivity index (χ4v) is 3.34. The molecule has 0 bridgehead atoms. The first-order valence-corrected chi connectivity index (χ1v) is 8.01. The Morgan fingerprint density at radius 3 is 2.78 bits per heavy atom. The van der Waals surface area contributed by atoms with Gasteiger partial charge < -0.3 is 5.32 Å². The molecule has 0 amide bonds. The van der Waals surface area contributed by atoms with Crippen molar-refractivity contribution in [1.29, 1.82) is 0 Å². The van der Waals surface area contributed by atoms with Crippen LogP contribution >= 0.6 is 27.5 Å². The third-order valence-corrected chi connectivity index (χ3v) is 4.84. The summed E-state index contributed by atoms with van der Waals surface area (Å²) in [6.45, 7) is 3.16. The number of hydrogen-bond donors (Lipinski definition) is 1. The van der Waals surface area contributed by atoms with Gasteiger partial charge in [0.05, 0.1) is 0 Å². The maximum atomic E-state index is 6.20. The molecule has 2 rings (SSSR count). The van der Waals surface area contributed by atoms with E-state index in [-0.39, 0.29) is 0 Å². The minimum atomic E-state index is 0.584. The molecule has 1 aliphatic rings. The van der Waals surface area contributed by atoms with E-state index >= 15 is 0 Å². The van der Waals surface area contributed by atoms with Crippen LogP contribution in [0.15, 0.2) is 22.7 Å². The zero-order chi connectivity index (χ0) is 13.0. The van der Waals surface area contributed by atoms with Crippen LogP contribution in [-0.2, 0) is 6.54 Å². The molecule has 0 radical (unpaired) electrons. The highest BCUT2D eigenvalue weighted by atomic mass is 79.9. The van der Waals surface area contributed by atoms with Crippen molar-refractivity contribution in [2.45, 2.75) is 51.6 Å². The Balaban J connectivity index is 1.88. The second-order valence-electron chi connectivity index (χ2n) is 5.30. The van der Waals surface area contributed by atoms with Crippen molar-refractivity contribution in [1.82, 2.24) is 5.32 Å². The topological polar surface area (TPSA) is 12.0 Å². The van der Waals surface area contributed by atoms with E-state index in [9.17, 15) is 0 Å². The molecule has 3 heteroatoms. The maximum absolute atomic E-state index is 6.20. The summed E-state index contributed by atoms with van der Waals surface area (Å²) < 4.78 is 1.09. The molecule has 1 aromatic rings. The monoisotopic (exact) mass is 329 g/mol. The average Bonchev–Trinajstić information content (AvgIpc) is 2.40. The fraction of sp³-hybridized carbons (Fsp3) is 0.600. The van der Waals surface area contributed by atoms with Crippen LogP contribution in [0.1, 0.15) is 44.6 Å². The highest BCUT2D eigenvalue weighted by Crippen LogP contribution is 2.27. The summed E-state index contributed by atoms with van der Waals surface area (Å²) in [5, 5.41) is 4.48. The molecule has 0 saturated heterocycles. The second-order valence-corrected chi connectivity index (χ2v) is 6.63. The highest BCUT2D eigenvalue weighted by Gasteiger charge is 2.19. The van der Waals surface area contributed by atoms with E-state index in [0.717, 1.165) is 22.0 Å². The van der Waals surface area contributed by atoms with Crippen molar-refractivity contribution >= 4 is 27.5 Å². The number of rotatable bonds is 4. The number of halogens is 2. The Morgan fingerprint density at radius 2 is 2.06 bits per heavy atom. The maximum Gasteiger partial charge on any atom is 0.0451 e. The molecule has 0 unspecified atom stereocenters. The van der Waals surface area contributed by atoms with Crippen LogP contribution in [-0.4, -0.2) is 6.04 Å². The van der Waals surface area contributed by atoms with Gasteiger partial charge in [0.15, 0.2) is 0 Å². The summed E-state index contributed by atoms with van der Waals surface area (Å²) >= 11 is 9.70. The lowest BCUT2D eigenvalue weighted by Crippen LogP contribution is -2.34. The lowest BCUT2D eigenvalue weighted by molar-refractivity contribution is 0.280. The van der Waals surface area contributed by atoms with Gasteiger partial charge in [0, 0.05) is 22.1 Å². The number of hydrogen-bond acceptors (Lipinski definition) is 1. The molecule has 0 spiro atoms. The predicted octanol–water partition coefficient (Wildman–Crippen LogP) is 5.16. The Bertz CT molecular complexity index is 388. The summed E-state index contributed by atoms with van der Waals surface area (Å²) in [6, 6.07) is 6.62. The Labute approximate surface area is 123 Å². The fourth-order valence-electron chi connectivity index (χ4n) is 2.75. The standard InChI is InChI=1S/C15H21BrClN/c1-11(12-5-3-2-4-6-12)18-10-13-9-14(16)7-8-15(13)17/h7-9,11-12,18H,2-6,10H2,1H3/t11-/m0/s1. The summed E-state index contributed by atoms with van der Waals surface area (Å²) in [5.74, 6) is 0.838. The molecule has 1 aliphatic carbocycles. The van der Waals surface area contributed by atoms with E-state index in [4.69, 9.17) is 11.6 Å². The van der Waals surface area contributed by atoms with Crippen LogP contribution in [0.25, 0.3) is 0 Å². The molecule has 1 nitrogen and oxygen atoms in total. The van der Waals surface area contributed by atoms with Crippen molar-refractivity contribution in [3.63, 3.8) is 0 Å². The van der Waals surface area contributed by atoms with Crippen molar-refractivity contribution in [2.24, 2.45) is 5.92 Å². The first-order chi connectivity index (χ1) is 8.66. The van der Waals surface area contributed by atoms with Gasteiger partial charge in [-0.1, -0.05) is 46.8 Å². The molecule has 0 aromatic heterocycles. The SMILES string of the molecule is C[C@H](NCc1cc(Br)ccc1Cl)C1CCCCC1. The van der Waals surface area contributed by atoms with Crippen molar-refractivity contribution < 1.29 is 0 Å². The Morgan fingerprint density at radius 1 is 1.33 bits per heavy atom. The molecule has 100 valence electrons. The third-order valence-electron chi connectivity index (χ3n) is 3.98. The van der Waals surface area contributed by atoms with Crippen LogP contribution in [0, 0.1) is 5.92 Å². The van der Waals surface area contributed by atoms with Gasteiger partial charge in [-0.05, 0) is 49.4 Å². The smallest absolute Gasteiger partial charge is 0.0451 e. The summed E-state index contributed by atoms with van der Waals surface area (Å²) in [7, 11) is 0. The zero-order valence-electron chi connectivity index (χ0n) is 10.9. The van der Waals surface area contributed by atoms with Crippen molar-refractivity contribution in [2.75, 3.05) is 0 Å². The predicted molar refractivity (Wildman–Crippen MR) is 82.0 cm³/mol. The van der Waals surface area contributed by atoms with Gasteiger partial charge in [-0.15, -0.1) is 0 Å². The Hall–Kier alpha value is -0.0500. The zero-order valence-corrected chi connectivity index (χ0v) is 13.2. The van der Waals surface area contributed by atoms with Gasteiger partial charge in [0.25, 0.3) is 0 Å². The van der Waals surface area contributed by atoms with Gasteiger partial charge in [-0.2, -0.15) is 0 Å². The molecular weight excluding hydrogens is 310 g/mol. The van der Waals surface area contributed by atoms with E-state index in [1.165, 1.54) is 37.7 Å². The van der Waals surface area contributed by atoms with E-state index in [1.807, 2.05) is 12.1 Å². The Kier molecular flexibility index (Phi) is 5.53. The minimum absolute atomic E-state index is 0.584. The molecule has 0 aliphatic heterocycles. The van der Waals surface area contributed by atoms with Gasteiger partial charge in [0.2, 0.25) is 0 Å². The highest BCUT2D eigenvalue weighted by molar-refractivity contribution is 9.10. The molecule has 1 saturated carbocycles. The van der Waals surface area contributed by atoms with Crippen molar-refractivity contribution in [3.8, 4) is 0 Å². The number of nitrogens with one attached hydrogen (secondary N) is 1. The molecular formula is C15H21BrClN. The average molecular weight is 331 g/mol. The van der Waals surface area contributed by atoms with E-state index < -0.39 is 0 Å². The van der Waals surface area contributed by atoms with Crippen LogP contribution in [0.5, 0.6) is 0 Å². The molecule has 1 atom stereocenters. The minimum Gasteiger partial charge on any atom is -0.310 e. The van der Waals surface area contributed by atoms with Crippen LogP contribution in [0.3, 0.4) is 0 Å². The normalized spacial score (nSPS) is 18.8. The van der Waals surface area contributed by atoms with Crippen LogP contribution in [0.4, 0.5) is 0 Å². The molecule has 1 fully saturated rings. The van der Waals surface area contributed by atoms with E-state index in [2.05, 4.69) is 34.2 Å². The second kappa shape index (κ2) is 6.93. The molecule has 0 heterocycles. The van der Waals surface area contributed by atoms with Crippen molar-refractivity contribution in [3.05, 3.63) is 33.3 Å². The van der Waals surface area contributed by atoms with Crippen LogP contribution < -0.4 is 5.32 Å². The largest absolute Gasteiger partial charge is 0.310 e. The molecule has 1 aromatic carbocycles. The summed E-state index contributed by atoms with van der Waals surface area (Å²) in [4.78, 5) is 0. The first-order valence-electron chi connectivity index (χ1n) is 6.84.